The normalized spacial score (nSPS) is 33.0. The lowest BCUT2D eigenvalue weighted by atomic mass is 9.98. The maximum absolute atomic E-state index is 4.73. The lowest BCUT2D eigenvalue weighted by Crippen LogP contribution is -2.49. The lowest BCUT2D eigenvalue weighted by molar-refractivity contribution is 0.479. The Balaban J connectivity index is 1.72. The number of H-pyrrole nitrogens is 1. The maximum Gasteiger partial charge on any atom is 0.244 e. The number of piperazine rings is 1. The van der Waals surface area contributed by atoms with Gasteiger partial charge in [0, 0.05) is 31.6 Å². The topological polar surface area (TPSA) is 56.8 Å². The Labute approximate surface area is 108 Å². The third-order valence-corrected chi connectivity index (χ3v) is 4.36. The number of nitrogens with zero attached hydrogens (tertiary/aromatic N) is 3. The van der Waals surface area contributed by atoms with Crippen molar-refractivity contribution in [3.8, 4) is 0 Å². The van der Waals surface area contributed by atoms with Gasteiger partial charge in [-0.05, 0) is 25.7 Å². The van der Waals surface area contributed by atoms with Crippen LogP contribution in [-0.4, -0.2) is 40.9 Å². The molecule has 2 aliphatic rings. The van der Waals surface area contributed by atoms with E-state index in [0.717, 1.165) is 37.3 Å². The SMILES string of the molecule is CC1CCCC1c1nc(N2CCN[C@@H](C)C2)n[nH]1. The Kier molecular flexibility index (Phi) is 3.24. The molecule has 1 saturated carbocycles. The highest BCUT2D eigenvalue weighted by Crippen LogP contribution is 2.37. The molecule has 2 unspecified atom stereocenters. The first-order valence-corrected chi connectivity index (χ1v) is 7.14. The Hall–Kier alpha value is -1.10. The molecule has 3 atom stereocenters. The highest BCUT2D eigenvalue weighted by molar-refractivity contribution is 5.30. The van der Waals surface area contributed by atoms with Crippen LogP contribution in [0.4, 0.5) is 5.95 Å². The third kappa shape index (κ3) is 2.23. The van der Waals surface area contributed by atoms with Crippen molar-refractivity contribution in [2.75, 3.05) is 24.5 Å². The lowest BCUT2D eigenvalue weighted by Gasteiger charge is -2.30. The van der Waals surface area contributed by atoms with Crippen molar-refractivity contribution in [3.63, 3.8) is 0 Å². The molecule has 0 spiro atoms. The van der Waals surface area contributed by atoms with Gasteiger partial charge in [-0.3, -0.25) is 5.10 Å². The summed E-state index contributed by atoms with van der Waals surface area (Å²) in [6, 6.07) is 0.520. The zero-order valence-electron chi connectivity index (χ0n) is 11.3. The molecule has 1 aromatic heterocycles. The predicted molar refractivity (Wildman–Crippen MR) is 71.8 cm³/mol. The fraction of sp³-hybridized carbons (Fsp3) is 0.846. The molecule has 18 heavy (non-hydrogen) atoms. The van der Waals surface area contributed by atoms with E-state index < -0.39 is 0 Å². The van der Waals surface area contributed by atoms with Gasteiger partial charge in [-0.1, -0.05) is 13.3 Å². The molecule has 5 nitrogen and oxygen atoms in total. The zero-order valence-corrected chi connectivity index (χ0v) is 11.3. The van der Waals surface area contributed by atoms with Crippen LogP contribution in [0.3, 0.4) is 0 Å². The quantitative estimate of drug-likeness (QED) is 0.834. The van der Waals surface area contributed by atoms with Gasteiger partial charge in [0.15, 0.2) is 0 Å². The minimum atomic E-state index is 0.520. The van der Waals surface area contributed by atoms with Crippen LogP contribution in [-0.2, 0) is 0 Å². The molecule has 3 rings (SSSR count). The maximum atomic E-state index is 4.73. The van der Waals surface area contributed by atoms with Gasteiger partial charge in [0.25, 0.3) is 0 Å². The van der Waals surface area contributed by atoms with E-state index >= 15 is 0 Å². The first kappa shape index (κ1) is 12.0. The van der Waals surface area contributed by atoms with Gasteiger partial charge in [0.2, 0.25) is 5.95 Å². The summed E-state index contributed by atoms with van der Waals surface area (Å²) in [4.78, 5) is 7.01. The second-order valence-corrected chi connectivity index (χ2v) is 5.84. The molecule has 0 radical (unpaired) electrons. The van der Waals surface area contributed by atoms with E-state index in [4.69, 9.17) is 4.98 Å². The van der Waals surface area contributed by atoms with Crippen LogP contribution in [0.5, 0.6) is 0 Å². The van der Waals surface area contributed by atoms with E-state index in [-0.39, 0.29) is 0 Å². The summed E-state index contributed by atoms with van der Waals surface area (Å²) in [5.41, 5.74) is 0. The Bertz CT molecular complexity index is 402. The van der Waals surface area contributed by atoms with Gasteiger partial charge in [-0.25, -0.2) is 0 Å². The second kappa shape index (κ2) is 4.88. The smallest absolute Gasteiger partial charge is 0.244 e. The van der Waals surface area contributed by atoms with Crippen LogP contribution in [0.2, 0.25) is 0 Å². The van der Waals surface area contributed by atoms with E-state index in [0.29, 0.717) is 12.0 Å². The summed E-state index contributed by atoms with van der Waals surface area (Å²) in [5.74, 6) is 3.32. The van der Waals surface area contributed by atoms with Crippen LogP contribution in [0, 0.1) is 5.92 Å². The van der Waals surface area contributed by atoms with E-state index in [1.165, 1.54) is 19.3 Å². The summed E-state index contributed by atoms with van der Waals surface area (Å²) < 4.78 is 0. The monoisotopic (exact) mass is 249 g/mol. The Morgan fingerprint density at radius 2 is 2.17 bits per heavy atom. The van der Waals surface area contributed by atoms with Crippen molar-refractivity contribution in [2.24, 2.45) is 5.92 Å². The van der Waals surface area contributed by atoms with E-state index in [9.17, 15) is 0 Å². The van der Waals surface area contributed by atoms with Gasteiger partial charge in [-0.15, -0.1) is 5.10 Å². The number of rotatable bonds is 2. The number of hydrogen-bond acceptors (Lipinski definition) is 4. The van der Waals surface area contributed by atoms with E-state index in [2.05, 4.69) is 34.3 Å². The number of aromatic amines is 1. The highest BCUT2D eigenvalue weighted by atomic mass is 15.4. The van der Waals surface area contributed by atoms with Gasteiger partial charge < -0.3 is 10.2 Å². The fourth-order valence-corrected chi connectivity index (χ4v) is 3.24. The number of aromatic nitrogens is 3. The Morgan fingerprint density at radius 3 is 2.89 bits per heavy atom. The molecule has 2 fully saturated rings. The first-order chi connectivity index (χ1) is 8.74. The fourth-order valence-electron chi connectivity index (χ4n) is 3.24. The van der Waals surface area contributed by atoms with Crippen LogP contribution in [0.1, 0.15) is 44.9 Å². The minimum absolute atomic E-state index is 0.520. The van der Waals surface area contributed by atoms with Crippen molar-refractivity contribution < 1.29 is 0 Å². The first-order valence-electron chi connectivity index (χ1n) is 7.14. The second-order valence-electron chi connectivity index (χ2n) is 5.84. The molecular weight excluding hydrogens is 226 g/mol. The van der Waals surface area contributed by atoms with Crippen LogP contribution in [0.15, 0.2) is 0 Å². The molecule has 1 saturated heterocycles. The van der Waals surface area contributed by atoms with Crippen molar-refractivity contribution in [3.05, 3.63) is 5.82 Å². The van der Waals surface area contributed by atoms with Crippen molar-refractivity contribution in [1.82, 2.24) is 20.5 Å². The molecule has 1 aliphatic carbocycles. The predicted octanol–water partition coefficient (Wildman–Crippen LogP) is 1.51. The third-order valence-electron chi connectivity index (χ3n) is 4.36. The van der Waals surface area contributed by atoms with Gasteiger partial charge >= 0.3 is 0 Å². The average molecular weight is 249 g/mol. The number of anilines is 1. The summed E-state index contributed by atoms with van der Waals surface area (Å²) in [6.45, 7) is 7.55. The summed E-state index contributed by atoms with van der Waals surface area (Å²) in [6.07, 6.45) is 3.91. The number of hydrogen-bond donors (Lipinski definition) is 2. The van der Waals surface area contributed by atoms with Crippen LogP contribution in [0.25, 0.3) is 0 Å². The molecule has 2 N–H and O–H groups in total. The van der Waals surface area contributed by atoms with Crippen LogP contribution >= 0.6 is 0 Å². The minimum Gasteiger partial charge on any atom is -0.337 e. The van der Waals surface area contributed by atoms with Crippen molar-refractivity contribution in [2.45, 2.75) is 45.1 Å². The highest BCUT2D eigenvalue weighted by Gasteiger charge is 2.28. The zero-order chi connectivity index (χ0) is 12.5. The largest absolute Gasteiger partial charge is 0.337 e. The van der Waals surface area contributed by atoms with E-state index in [1.54, 1.807) is 0 Å². The average Bonchev–Trinajstić information content (AvgIpc) is 2.97. The van der Waals surface area contributed by atoms with Crippen molar-refractivity contribution in [1.29, 1.82) is 0 Å². The van der Waals surface area contributed by atoms with Gasteiger partial charge in [0.05, 0.1) is 0 Å². The standard InChI is InChI=1S/C13H23N5/c1-9-4-3-5-11(9)12-15-13(17-16-12)18-7-6-14-10(2)8-18/h9-11,14H,3-8H2,1-2H3,(H,15,16,17)/t9?,10-,11?/m0/s1. The molecule has 2 heterocycles. The molecule has 0 aromatic carbocycles. The Morgan fingerprint density at radius 1 is 1.28 bits per heavy atom. The molecule has 100 valence electrons. The molecule has 1 aromatic rings. The summed E-state index contributed by atoms with van der Waals surface area (Å²) >= 11 is 0. The summed E-state index contributed by atoms with van der Waals surface area (Å²) in [7, 11) is 0. The van der Waals surface area contributed by atoms with Gasteiger partial charge in [0.1, 0.15) is 5.82 Å². The van der Waals surface area contributed by atoms with Crippen molar-refractivity contribution >= 4 is 5.95 Å². The molecular formula is C13H23N5. The molecule has 0 bridgehead atoms. The molecule has 1 aliphatic heterocycles. The number of nitrogens with one attached hydrogen (secondary N) is 2. The molecule has 0 amide bonds. The van der Waals surface area contributed by atoms with E-state index in [1.807, 2.05) is 0 Å². The summed E-state index contributed by atoms with van der Waals surface area (Å²) in [5, 5.41) is 11.0. The van der Waals surface area contributed by atoms with Gasteiger partial charge in [-0.2, -0.15) is 4.98 Å². The molecule has 5 heteroatoms. The van der Waals surface area contributed by atoms with Crippen LogP contribution < -0.4 is 10.2 Å².